The van der Waals surface area contributed by atoms with Crippen LogP contribution in [0.2, 0.25) is 5.02 Å². The molecule has 4 heteroatoms. The van der Waals surface area contributed by atoms with Gasteiger partial charge < -0.3 is 0 Å². The van der Waals surface area contributed by atoms with E-state index in [1.54, 1.807) is 17.8 Å². The van der Waals surface area contributed by atoms with Crippen LogP contribution >= 0.6 is 11.6 Å². The second-order valence-electron chi connectivity index (χ2n) is 3.18. The summed E-state index contributed by atoms with van der Waals surface area (Å²) in [4.78, 5) is 11.4. The Labute approximate surface area is 88.4 Å². The lowest BCUT2D eigenvalue weighted by atomic mass is 10.1. The van der Waals surface area contributed by atoms with Crippen molar-refractivity contribution in [1.29, 1.82) is 0 Å². The maximum Gasteiger partial charge on any atom is 0.142 e. The Kier molecular flexibility index (Phi) is 3.47. The first-order chi connectivity index (χ1) is 6.56. The predicted octanol–water partition coefficient (Wildman–Crippen LogP) is 2.07. The fraction of sp³-hybridized carbons (Fsp3) is 0.400. The van der Waals surface area contributed by atoms with Crippen LogP contribution in [0.3, 0.4) is 0 Å². The SMILES string of the molecule is C=CCC(=O)Cc1c(Cl)c(C)nn1C. The molecular formula is C10H13ClN2O. The first kappa shape index (κ1) is 11.0. The third kappa shape index (κ3) is 2.23. The minimum Gasteiger partial charge on any atom is -0.299 e. The average molecular weight is 213 g/mol. The largest absolute Gasteiger partial charge is 0.299 e. The highest BCUT2D eigenvalue weighted by Gasteiger charge is 2.13. The van der Waals surface area contributed by atoms with Crippen LogP contribution in [0.5, 0.6) is 0 Å². The van der Waals surface area contributed by atoms with Crippen LogP contribution in [0, 0.1) is 6.92 Å². The van der Waals surface area contributed by atoms with E-state index in [0.717, 1.165) is 11.4 Å². The number of carbonyl (C=O) groups excluding carboxylic acids is 1. The van der Waals surface area contributed by atoms with Crippen molar-refractivity contribution >= 4 is 17.4 Å². The quantitative estimate of drug-likeness (QED) is 0.717. The lowest BCUT2D eigenvalue weighted by molar-refractivity contribution is -0.117. The molecule has 0 aliphatic carbocycles. The lowest BCUT2D eigenvalue weighted by Crippen LogP contribution is -2.06. The molecule has 0 saturated heterocycles. The van der Waals surface area contributed by atoms with Gasteiger partial charge in [-0.2, -0.15) is 5.10 Å². The molecule has 0 unspecified atom stereocenters. The average Bonchev–Trinajstić information content (AvgIpc) is 2.33. The van der Waals surface area contributed by atoms with Crippen LogP contribution in [0.15, 0.2) is 12.7 Å². The number of hydrogen-bond donors (Lipinski definition) is 0. The molecule has 1 aromatic heterocycles. The standard InChI is InChI=1S/C10H13ClN2O/c1-4-5-8(14)6-9-10(11)7(2)12-13(9)3/h4H,1,5-6H2,2-3H3. The zero-order valence-corrected chi connectivity index (χ0v) is 9.14. The summed E-state index contributed by atoms with van der Waals surface area (Å²) >= 11 is 6.00. The van der Waals surface area contributed by atoms with Gasteiger partial charge in [0.2, 0.25) is 0 Å². The molecule has 14 heavy (non-hydrogen) atoms. The fourth-order valence-electron chi connectivity index (χ4n) is 1.29. The summed E-state index contributed by atoms with van der Waals surface area (Å²) in [6.07, 6.45) is 2.29. The van der Waals surface area contributed by atoms with E-state index in [1.165, 1.54) is 0 Å². The number of rotatable bonds is 4. The number of allylic oxidation sites excluding steroid dienone is 1. The Balaban J connectivity index is 2.85. The molecule has 76 valence electrons. The first-order valence-corrected chi connectivity index (χ1v) is 4.74. The Hall–Kier alpha value is -1.09. The molecule has 0 aromatic carbocycles. The summed E-state index contributed by atoms with van der Waals surface area (Å²) in [5, 5.41) is 4.72. The number of nitrogens with zero attached hydrogens (tertiary/aromatic N) is 2. The van der Waals surface area contributed by atoms with Gasteiger partial charge in [-0.25, -0.2) is 0 Å². The molecule has 1 rings (SSSR count). The smallest absolute Gasteiger partial charge is 0.142 e. The van der Waals surface area contributed by atoms with Crippen molar-refractivity contribution in [1.82, 2.24) is 9.78 Å². The molecule has 0 atom stereocenters. The van der Waals surface area contributed by atoms with Crippen LogP contribution < -0.4 is 0 Å². The van der Waals surface area contributed by atoms with Gasteiger partial charge in [-0.1, -0.05) is 17.7 Å². The Morgan fingerprint density at radius 1 is 1.71 bits per heavy atom. The number of aromatic nitrogens is 2. The van der Waals surface area contributed by atoms with Crippen LogP contribution in [0.4, 0.5) is 0 Å². The molecular weight excluding hydrogens is 200 g/mol. The monoisotopic (exact) mass is 212 g/mol. The number of carbonyl (C=O) groups is 1. The van der Waals surface area contributed by atoms with Crippen LogP contribution in [-0.4, -0.2) is 15.6 Å². The molecule has 0 radical (unpaired) electrons. The molecule has 0 fully saturated rings. The summed E-state index contributed by atoms with van der Waals surface area (Å²) < 4.78 is 1.65. The Bertz CT molecular complexity index is 368. The van der Waals surface area contributed by atoms with Crippen molar-refractivity contribution in [2.24, 2.45) is 7.05 Å². The van der Waals surface area contributed by atoms with Gasteiger partial charge in [0.05, 0.1) is 22.8 Å². The minimum atomic E-state index is 0.102. The molecule has 0 aliphatic rings. The Morgan fingerprint density at radius 2 is 2.36 bits per heavy atom. The third-order valence-corrected chi connectivity index (χ3v) is 2.49. The molecule has 0 aliphatic heterocycles. The van der Waals surface area contributed by atoms with Crippen LogP contribution in [-0.2, 0) is 18.3 Å². The van der Waals surface area contributed by atoms with Crippen molar-refractivity contribution < 1.29 is 4.79 Å². The van der Waals surface area contributed by atoms with Crippen molar-refractivity contribution in [3.05, 3.63) is 29.1 Å². The van der Waals surface area contributed by atoms with E-state index in [0.29, 0.717) is 17.9 Å². The highest BCUT2D eigenvalue weighted by molar-refractivity contribution is 6.32. The van der Waals surface area contributed by atoms with Gasteiger partial charge in [0.1, 0.15) is 5.78 Å². The summed E-state index contributed by atoms with van der Waals surface area (Å²) in [7, 11) is 1.79. The van der Waals surface area contributed by atoms with Gasteiger partial charge in [0.15, 0.2) is 0 Å². The highest BCUT2D eigenvalue weighted by atomic mass is 35.5. The molecule has 0 N–H and O–H groups in total. The van der Waals surface area contributed by atoms with E-state index >= 15 is 0 Å². The predicted molar refractivity (Wildman–Crippen MR) is 56.5 cm³/mol. The van der Waals surface area contributed by atoms with Crippen LogP contribution in [0.1, 0.15) is 17.8 Å². The number of aryl methyl sites for hydroxylation is 2. The topological polar surface area (TPSA) is 34.9 Å². The number of hydrogen-bond acceptors (Lipinski definition) is 2. The number of ketones is 1. The summed E-state index contributed by atoms with van der Waals surface area (Å²) in [5.74, 6) is 0.102. The molecule has 0 amide bonds. The van der Waals surface area contributed by atoms with Crippen molar-refractivity contribution in [3.8, 4) is 0 Å². The normalized spacial score (nSPS) is 10.2. The molecule has 0 spiro atoms. The maximum absolute atomic E-state index is 11.4. The first-order valence-electron chi connectivity index (χ1n) is 4.36. The van der Waals surface area contributed by atoms with Crippen molar-refractivity contribution in [2.45, 2.75) is 19.8 Å². The highest BCUT2D eigenvalue weighted by Crippen LogP contribution is 2.20. The fourth-order valence-corrected chi connectivity index (χ4v) is 1.52. The zero-order chi connectivity index (χ0) is 10.7. The van der Waals surface area contributed by atoms with E-state index in [1.807, 2.05) is 6.92 Å². The molecule has 0 saturated carbocycles. The van der Waals surface area contributed by atoms with Crippen molar-refractivity contribution in [3.63, 3.8) is 0 Å². The van der Waals surface area contributed by atoms with Crippen molar-refractivity contribution in [2.75, 3.05) is 0 Å². The minimum absolute atomic E-state index is 0.102. The maximum atomic E-state index is 11.4. The van der Waals surface area contributed by atoms with Gasteiger partial charge >= 0.3 is 0 Å². The van der Waals surface area contributed by atoms with Gasteiger partial charge in [-0.3, -0.25) is 9.48 Å². The third-order valence-electron chi connectivity index (χ3n) is 2.00. The number of Topliss-reactive ketones (excluding diaryl/α,β-unsaturated/α-hetero) is 1. The summed E-state index contributed by atoms with van der Waals surface area (Å²) in [5.41, 5.74) is 1.53. The van der Waals surface area contributed by atoms with Gasteiger partial charge in [-0.15, -0.1) is 6.58 Å². The van der Waals surface area contributed by atoms with Gasteiger partial charge in [-0.05, 0) is 6.92 Å². The van der Waals surface area contributed by atoms with E-state index in [-0.39, 0.29) is 5.78 Å². The Morgan fingerprint density at radius 3 is 2.79 bits per heavy atom. The molecule has 1 heterocycles. The van der Waals surface area contributed by atoms with Gasteiger partial charge in [0.25, 0.3) is 0 Å². The molecule has 3 nitrogen and oxygen atoms in total. The summed E-state index contributed by atoms with van der Waals surface area (Å²) in [6.45, 7) is 5.34. The number of halogens is 1. The lowest BCUT2D eigenvalue weighted by Gasteiger charge is -2.00. The second-order valence-corrected chi connectivity index (χ2v) is 3.56. The van der Waals surface area contributed by atoms with E-state index in [9.17, 15) is 4.79 Å². The zero-order valence-electron chi connectivity index (χ0n) is 8.38. The van der Waals surface area contributed by atoms with E-state index in [2.05, 4.69) is 11.7 Å². The van der Waals surface area contributed by atoms with E-state index in [4.69, 9.17) is 11.6 Å². The van der Waals surface area contributed by atoms with Gasteiger partial charge in [0, 0.05) is 13.5 Å². The second kappa shape index (κ2) is 4.42. The molecule has 1 aromatic rings. The summed E-state index contributed by atoms with van der Waals surface area (Å²) in [6, 6.07) is 0. The van der Waals surface area contributed by atoms with E-state index < -0.39 is 0 Å². The van der Waals surface area contributed by atoms with Crippen LogP contribution in [0.25, 0.3) is 0 Å². The molecule has 0 bridgehead atoms.